The average molecular weight is 519 g/mol. The summed E-state index contributed by atoms with van der Waals surface area (Å²) in [6.07, 6.45) is 5.19. The summed E-state index contributed by atoms with van der Waals surface area (Å²) in [7, 11) is 1.61. The molecule has 2 aliphatic heterocycles. The normalized spacial score (nSPS) is 17.2. The fourth-order valence-corrected chi connectivity index (χ4v) is 3.48. The minimum Gasteiger partial charge on any atom is -0.441 e. The molecule has 0 saturated carbocycles. The van der Waals surface area contributed by atoms with E-state index < -0.39 is 18.0 Å². The number of hydrogen-bond donors (Lipinski definition) is 2. The molecule has 2 N–H and O–H groups in total. The summed E-state index contributed by atoms with van der Waals surface area (Å²) in [6.45, 7) is 18.1. The second kappa shape index (κ2) is 13.6. The van der Waals surface area contributed by atoms with Crippen LogP contribution < -0.4 is 20.9 Å². The molecule has 37 heavy (non-hydrogen) atoms. The first-order valence-electron chi connectivity index (χ1n) is 12.4. The lowest BCUT2D eigenvalue weighted by atomic mass is 9.98. The van der Waals surface area contributed by atoms with Gasteiger partial charge < -0.3 is 19.9 Å². The molecular weight excluding hydrogens is 478 g/mol. The minimum atomic E-state index is -3.13. The zero-order valence-corrected chi connectivity index (χ0v) is 23.3. The Bertz CT molecular complexity index is 1170. The highest BCUT2D eigenvalue weighted by Gasteiger charge is 2.40. The third-order valence-corrected chi connectivity index (χ3v) is 5.45. The van der Waals surface area contributed by atoms with E-state index in [1.165, 1.54) is 28.5 Å². The molecule has 1 aromatic rings. The van der Waals surface area contributed by atoms with E-state index in [0.29, 0.717) is 5.57 Å². The van der Waals surface area contributed by atoms with Crippen LogP contribution in [0, 0.1) is 0 Å². The van der Waals surface area contributed by atoms with Gasteiger partial charge in [-0.15, -0.1) is 0 Å². The second-order valence-corrected chi connectivity index (χ2v) is 8.16. The van der Waals surface area contributed by atoms with Gasteiger partial charge in [0.05, 0.1) is 5.57 Å². The van der Waals surface area contributed by atoms with E-state index in [1.54, 1.807) is 19.3 Å². The van der Waals surface area contributed by atoms with Gasteiger partial charge in [0.2, 0.25) is 5.88 Å². The van der Waals surface area contributed by atoms with Crippen LogP contribution in [-0.4, -0.2) is 34.0 Å². The molecule has 2 aliphatic rings. The van der Waals surface area contributed by atoms with Crippen LogP contribution in [0.25, 0.3) is 0 Å². The van der Waals surface area contributed by atoms with Gasteiger partial charge in [0, 0.05) is 50.2 Å². The predicted octanol–water partition coefficient (Wildman–Crippen LogP) is 5.35. The van der Waals surface area contributed by atoms with E-state index in [1.807, 2.05) is 47.6 Å². The lowest BCUT2D eigenvalue weighted by Gasteiger charge is -2.40. The van der Waals surface area contributed by atoms with Crippen molar-refractivity contribution in [2.45, 2.75) is 67.5 Å². The van der Waals surface area contributed by atoms with Crippen molar-refractivity contribution in [1.82, 2.24) is 20.1 Å². The van der Waals surface area contributed by atoms with Crippen molar-refractivity contribution < 1.29 is 18.3 Å². The first-order valence-corrected chi connectivity index (χ1v) is 12.4. The maximum atomic E-state index is 14.2. The molecule has 3 heterocycles. The third-order valence-electron chi connectivity index (χ3n) is 5.45. The van der Waals surface area contributed by atoms with E-state index >= 15 is 0 Å². The largest absolute Gasteiger partial charge is 0.441 e. The molecule has 0 bridgehead atoms. The Balaban J connectivity index is 0.00000163. The number of amides is 1. The average Bonchev–Trinajstić information content (AvgIpc) is 2.86. The van der Waals surface area contributed by atoms with Crippen molar-refractivity contribution in [3.63, 3.8) is 0 Å². The van der Waals surface area contributed by atoms with Gasteiger partial charge in [-0.1, -0.05) is 40.3 Å². The molecule has 0 radical (unpaired) electrons. The zero-order valence-electron chi connectivity index (χ0n) is 23.3. The van der Waals surface area contributed by atoms with Crippen molar-refractivity contribution in [1.29, 1.82) is 0 Å². The smallest absolute Gasteiger partial charge is 0.271 e. The quantitative estimate of drug-likeness (QED) is 0.476. The van der Waals surface area contributed by atoms with Crippen LogP contribution in [0.1, 0.15) is 55.4 Å². The van der Waals surface area contributed by atoms with Crippen molar-refractivity contribution in [2.24, 2.45) is 7.05 Å². The number of fused-ring (bicyclic) bond motifs is 1. The summed E-state index contributed by atoms with van der Waals surface area (Å²) in [5.41, 5.74) is 1.74. The number of halogens is 2. The number of aryl methyl sites for hydroxylation is 1. The van der Waals surface area contributed by atoms with Crippen LogP contribution in [0.2, 0.25) is 0 Å². The molecule has 0 fully saturated rings. The fraction of sp³-hybridized carbons (Fsp3) is 0.429. The standard InChI is InChI=1S/C24H28F2N4O3.2C2H6/c1-7-19(14(2)3)27-12-16-10-17(24(5,25)26)13-30-21(16)28-22(15(4)23(30)32)33-18-8-9-29(6)20(31)11-18;2*1-2/h7-11,13,21,27-28H,2,12H2,1,3-6H3;2*1-2H3/b19-7+;;. The summed E-state index contributed by atoms with van der Waals surface area (Å²) < 4.78 is 35.6. The zero-order chi connectivity index (χ0) is 28.5. The highest BCUT2D eigenvalue weighted by atomic mass is 19.3. The number of carbonyl (C=O) groups is 1. The van der Waals surface area contributed by atoms with Crippen molar-refractivity contribution in [3.8, 4) is 5.75 Å². The van der Waals surface area contributed by atoms with Crippen LogP contribution in [-0.2, 0) is 11.8 Å². The first kappa shape index (κ1) is 31.4. The van der Waals surface area contributed by atoms with Crippen molar-refractivity contribution in [2.75, 3.05) is 6.54 Å². The summed E-state index contributed by atoms with van der Waals surface area (Å²) in [5, 5.41) is 6.32. The van der Waals surface area contributed by atoms with Crippen LogP contribution in [0.3, 0.4) is 0 Å². The molecule has 7 nitrogen and oxygen atoms in total. The first-order chi connectivity index (χ1) is 17.4. The van der Waals surface area contributed by atoms with E-state index in [4.69, 9.17) is 4.74 Å². The van der Waals surface area contributed by atoms with Crippen LogP contribution in [0.15, 0.2) is 81.9 Å². The van der Waals surface area contributed by atoms with Crippen molar-refractivity contribution >= 4 is 5.91 Å². The number of nitrogens with zero attached hydrogens (tertiary/aromatic N) is 2. The number of aromatic nitrogens is 1. The molecule has 9 heteroatoms. The molecule has 0 spiro atoms. The second-order valence-electron chi connectivity index (χ2n) is 8.16. The molecule has 204 valence electrons. The lowest BCUT2D eigenvalue weighted by molar-refractivity contribution is -0.128. The van der Waals surface area contributed by atoms with E-state index in [9.17, 15) is 18.4 Å². The number of ether oxygens (including phenoxy) is 1. The third kappa shape index (κ3) is 7.68. The molecule has 0 aromatic carbocycles. The van der Waals surface area contributed by atoms with E-state index in [2.05, 4.69) is 17.2 Å². The topological polar surface area (TPSA) is 75.6 Å². The highest BCUT2D eigenvalue weighted by Crippen LogP contribution is 2.33. The Morgan fingerprint density at radius 1 is 1.27 bits per heavy atom. The van der Waals surface area contributed by atoms with Gasteiger partial charge in [0.1, 0.15) is 11.9 Å². The molecule has 1 aromatic heterocycles. The maximum Gasteiger partial charge on any atom is 0.271 e. The molecule has 0 aliphatic carbocycles. The molecular formula is C28H40F2N4O3. The summed E-state index contributed by atoms with van der Waals surface area (Å²) in [4.78, 5) is 26.3. The SMILES string of the molecule is C=C(C)/C(=C\C)NCC1=CC(C(C)(F)F)=CN2C(=O)C(C)=C(Oc3ccn(C)c(=O)c3)NC12.CC.CC. The molecule has 1 amide bonds. The van der Waals surface area contributed by atoms with E-state index in [0.717, 1.165) is 24.4 Å². The van der Waals surface area contributed by atoms with Gasteiger partial charge in [-0.05, 0) is 44.1 Å². The Kier molecular flexibility index (Phi) is 11.6. The Morgan fingerprint density at radius 2 is 1.89 bits per heavy atom. The van der Waals surface area contributed by atoms with Crippen LogP contribution in [0.4, 0.5) is 8.78 Å². The number of nitrogens with one attached hydrogen (secondary N) is 2. The number of allylic oxidation sites excluding steroid dienone is 4. The fourth-order valence-electron chi connectivity index (χ4n) is 3.48. The number of pyridine rings is 1. The molecule has 1 atom stereocenters. The molecule has 3 rings (SSSR count). The van der Waals surface area contributed by atoms with Crippen molar-refractivity contribution in [3.05, 3.63) is 87.5 Å². The number of hydrogen-bond acceptors (Lipinski definition) is 5. The summed E-state index contributed by atoms with van der Waals surface area (Å²) in [5.74, 6) is -3.19. The molecule has 1 unspecified atom stereocenters. The van der Waals surface area contributed by atoms with Gasteiger partial charge in [0.15, 0.2) is 0 Å². The van der Waals surface area contributed by atoms with Gasteiger partial charge in [-0.2, -0.15) is 0 Å². The Labute approximate surface area is 218 Å². The lowest BCUT2D eigenvalue weighted by Crippen LogP contribution is -2.55. The summed E-state index contributed by atoms with van der Waals surface area (Å²) in [6, 6.07) is 2.90. The monoisotopic (exact) mass is 518 g/mol. The van der Waals surface area contributed by atoms with Gasteiger partial charge in [0.25, 0.3) is 17.4 Å². The number of rotatable bonds is 7. The minimum absolute atomic E-state index is 0.159. The number of alkyl halides is 2. The Morgan fingerprint density at radius 3 is 2.41 bits per heavy atom. The van der Waals surface area contributed by atoms with Crippen LogP contribution >= 0.6 is 0 Å². The maximum absolute atomic E-state index is 14.2. The van der Waals surface area contributed by atoms with E-state index in [-0.39, 0.29) is 34.9 Å². The van der Waals surface area contributed by atoms with Gasteiger partial charge in [-0.25, -0.2) is 8.78 Å². The van der Waals surface area contributed by atoms with Gasteiger partial charge in [-0.3, -0.25) is 14.5 Å². The summed E-state index contributed by atoms with van der Waals surface area (Å²) >= 11 is 0. The number of carbonyl (C=O) groups excluding carboxylic acids is 1. The Hall–Kier alpha value is -3.62. The van der Waals surface area contributed by atoms with Crippen LogP contribution in [0.5, 0.6) is 5.75 Å². The predicted molar refractivity (Wildman–Crippen MR) is 145 cm³/mol. The van der Waals surface area contributed by atoms with Gasteiger partial charge >= 0.3 is 0 Å². The molecule has 0 saturated heterocycles. The highest BCUT2D eigenvalue weighted by molar-refractivity contribution is 5.95.